The zero-order chi connectivity index (χ0) is 10.8. The van der Waals surface area contributed by atoms with E-state index in [9.17, 15) is 8.76 Å². The lowest BCUT2D eigenvalue weighted by Crippen LogP contribution is -1.99. The molecule has 0 spiro atoms. The molecule has 0 fully saturated rings. The molecule has 5 heteroatoms. The number of aromatic nitrogens is 2. The summed E-state index contributed by atoms with van der Waals surface area (Å²) < 4.78 is 23.2. The van der Waals surface area contributed by atoms with Gasteiger partial charge in [-0.2, -0.15) is 5.10 Å². The van der Waals surface area contributed by atoms with E-state index in [0.29, 0.717) is 5.69 Å². The van der Waals surface area contributed by atoms with Crippen molar-refractivity contribution in [2.24, 2.45) is 0 Å². The molecule has 2 aromatic rings. The first-order chi connectivity index (χ1) is 7.20. The van der Waals surface area contributed by atoms with Crippen LogP contribution in [0.2, 0.25) is 0 Å². The Morgan fingerprint density at radius 3 is 2.53 bits per heavy atom. The first kappa shape index (κ1) is 10.1. The topological polar surface area (TPSA) is 57.9 Å². The maximum absolute atomic E-state index is 10.8. The van der Waals surface area contributed by atoms with E-state index < -0.39 is 11.1 Å². The summed E-state index contributed by atoms with van der Waals surface area (Å²) in [6, 6.07) is 9.40. The standard InChI is InChI=1S/C10H10N2O2S/c1-8-10(15(13)14)7-11-12(8)9-5-3-2-4-6-9/h2-7H,1H3,(H,13,14)/p-1. The molecule has 78 valence electrons. The molecule has 0 saturated heterocycles. The van der Waals surface area contributed by atoms with E-state index in [4.69, 9.17) is 0 Å². The van der Waals surface area contributed by atoms with E-state index >= 15 is 0 Å². The lowest BCUT2D eigenvalue weighted by Gasteiger charge is -2.06. The Labute approximate surface area is 89.8 Å². The zero-order valence-electron chi connectivity index (χ0n) is 8.08. The van der Waals surface area contributed by atoms with Crippen LogP contribution in [0.1, 0.15) is 5.69 Å². The Hall–Kier alpha value is -1.46. The lowest BCUT2D eigenvalue weighted by molar-refractivity contribution is 0.536. The van der Waals surface area contributed by atoms with Gasteiger partial charge in [-0.05, 0) is 30.1 Å². The van der Waals surface area contributed by atoms with E-state index in [1.165, 1.54) is 6.20 Å². The van der Waals surface area contributed by atoms with E-state index in [0.717, 1.165) is 5.69 Å². The van der Waals surface area contributed by atoms with Crippen LogP contribution in [-0.2, 0) is 11.1 Å². The second-order valence-electron chi connectivity index (χ2n) is 3.08. The molecule has 0 saturated carbocycles. The van der Waals surface area contributed by atoms with Crippen LogP contribution in [0.3, 0.4) is 0 Å². The number of hydrogen-bond acceptors (Lipinski definition) is 3. The number of para-hydroxylation sites is 1. The third kappa shape index (κ3) is 1.84. The van der Waals surface area contributed by atoms with Crippen LogP contribution in [0.5, 0.6) is 0 Å². The highest BCUT2D eigenvalue weighted by Crippen LogP contribution is 2.15. The quantitative estimate of drug-likeness (QED) is 0.720. The number of rotatable bonds is 2. The van der Waals surface area contributed by atoms with Crippen molar-refractivity contribution in [2.75, 3.05) is 0 Å². The van der Waals surface area contributed by atoms with E-state index in [-0.39, 0.29) is 4.90 Å². The van der Waals surface area contributed by atoms with Crippen molar-refractivity contribution in [3.8, 4) is 5.69 Å². The number of hydrogen-bond donors (Lipinski definition) is 0. The summed E-state index contributed by atoms with van der Waals surface area (Å²) in [5, 5.41) is 4.03. The van der Waals surface area contributed by atoms with Crippen LogP contribution < -0.4 is 0 Å². The molecule has 0 N–H and O–H groups in total. The van der Waals surface area contributed by atoms with Crippen LogP contribution in [0.25, 0.3) is 5.69 Å². The summed E-state index contributed by atoms with van der Waals surface area (Å²) in [7, 11) is 0. The molecule has 1 unspecified atom stereocenters. The fourth-order valence-corrected chi connectivity index (χ4v) is 1.85. The van der Waals surface area contributed by atoms with Gasteiger partial charge in [0.1, 0.15) is 0 Å². The molecule has 1 aromatic heterocycles. The highest BCUT2D eigenvalue weighted by atomic mass is 32.2. The molecule has 1 heterocycles. The zero-order valence-corrected chi connectivity index (χ0v) is 8.90. The summed E-state index contributed by atoms with van der Waals surface area (Å²) >= 11 is -2.23. The van der Waals surface area contributed by atoms with Crippen LogP contribution in [-0.4, -0.2) is 18.5 Å². The van der Waals surface area contributed by atoms with Crippen LogP contribution >= 0.6 is 0 Å². The molecule has 1 aromatic carbocycles. The number of nitrogens with zero attached hydrogens (tertiary/aromatic N) is 2. The Morgan fingerprint density at radius 2 is 2.00 bits per heavy atom. The first-order valence-electron chi connectivity index (χ1n) is 4.39. The lowest BCUT2D eigenvalue weighted by atomic mass is 10.3. The van der Waals surface area contributed by atoms with Crippen molar-refractivity contribution in [2.45, 2.75) is 11.8 Å². The normalized spacial score (nSPS) is 12.7. The maximum Gasteiger partial charge on any atom is 0.0662 e. The van der Waals surface area contributed by atoms with Gasteiger partial charge in [0.15, 0.2) is 0 Å². The minimum atomic E-state index is -2.23. The summed E-state index contributed by atoms with van der Waals surface area (Å²) in [6.07, 6.45) is 1.35. The van der Waals surface area contributed by atoms with Crippen LogP contribution in [0.15, 0.2) is 41.4 Å². The average Bonchev–Trinajstić information content (AvgIpc) is 2.61. The average molecular weight is 221 g/mol. The Morgan fingerprint density at radius 1 is 1.33 bits per heavy atom. The highest BCUT2D eigenvalue weighted by molar-refractivity contribution is 7.79. The molecule has 0 aliphatic carbocycles. The largest absolute Gasteiger partial charge is 0.768 e. The van der Waals surface area contributed by atoms with Crippen molar-refractivity contribution in [3.05, 3.63) is 42.2 Å². The smallest absolute Gasteiger partial charge is 0.0662 e. The summed E-state index contributed by atoms with van der Waals surface area (Å²) in [5.74, 6) is 0. The predicted molar refractivity (Wildman–Crippen MR) is 55.5 cm³/mol. The van der Waals surface area contributed by atoms with Gasteiger partial charge in [0.2, 0.25) is 0 Å². The highest BCUT2D eigenvalue weighted by Gasteiger charge is 2.07. The molecule has 0 amide bonds. The van der Waals surface area contributed by atoms with Gasteiger partial charge < -0.3 is 4.55 Å². The van der Waals surface area contributed by atoms with Gasteiger partial charge in [-0.1, -0.05) is 18.2 Å². The van der Waals surface area contributed by atoms with Crippen LogP contribution in [0.4, 0.5) is 0 Å². The Kier molecular flexibility index (Phi) is 2.66. The second-order valence-corrected chi connectivity index (χ2v) is 3.99. The molecular formula is C10H9N2O2S-. The summed E-state index contributed by atoms with van der Waals surface area (Å²) in [6.45, 7) is 1.73. The minimum absolute atomic E-state index is 0.235. The fraction of sp³-hybridized carbons (Fsp3) is 0.100. The van der Waals surface area contributed by atoms with Crippen molar-refractivity contribution in [1.82, 2.24) is 9.78 Å². The van der Waals surface area contributed by atoms with E-state index in [1.807, 2.05) is 30.3 Å². The van der Waals surface area contributed by atoms with Gasteiger partial charge in [-0.3, -0.25) is 4.21 Å². The summed E-state index contributed by atoms with van der Waals surface area (Å²) in [5.41, 5.74) is 1.47. The monoisotopic (exact) mass is 221 g/mol. The van der Waals surface area contributed by atoms with Gasteiger partial charge in [0, 0.05) is 0 Å². The SMILES string of the molecule is Cc1c(S(=O)[O-])cnn1-c1ccccc1. The van der Waals surface area contributed by atoms with Gasteiger partial charge in [0.05, 0.1) is 22.5 Å². The molecule has 2 rings (SSSR count). The fourth-order valence-electron chi connectivity index (χ4n) is 1.39. The van der Waals surface area contributed by atoms with Crippen LogP contribution in [0, 0.1) is 6.92 Å². The molecular weight excluding hydrogens is 212 g/mol. The van der Waals surface area contributed by atoms with Gasteiger partial charge in [0.25, 0.3) is 0 Å². The Bertz CT molecular complexity index is 493. The molecule has 0 aliphatic rings. The van der Waals surface area contributed by atoms with E-state index in [1.54, 1.807) is 11.6 Å². The molecule has 0 aliphatic heterocycles. The molecule has 1 atom stereocenters. The van der Waals surface area contributed by atoms with Gasteiger partial charge in [-0.15, -0.1) is 0 Å². The molecule has 4 nitrogen and oxygen atoms in total. The first-order valence-corrected chi connectivity index (χ1v) is 5.47. The Balaban J connectivity index is 2.52. The summed E-state index contributed by atoms with van der Waals surface area (Å²) in [4.78, 5) is 0.235. The molecule has 0 bridgehead atoms. The van der Waals surface area contributed by atoms with Crippen molar-refractivity contribution >= 4 is 11.1 Å². The number of benzene rings is 1. The third-order valence-corrected chi connectivity index (χ3v) is 2.91. The van der Waals surface area contributed by atoms with Gasteiger partial charge >= 0.3 is 0 Å². The van der Waals surface area contributed by atoms with Crippen molar-refractivity contribution < 1.29 is 8.76 Å². The van der Waals surface area contributed by atoms with Crippen molar-refractivity contribution in [3.63, 3.8) is 0 Å². The second kappa shape index (κ2) is 3.96. The van der Waals surface area contributed by atoms with Gasteiger partial charge in [-0.25, -0.2) is 4.68 Å². The molecule has 0 radical (unpaired) electrons. The predicted octanol–water partition coefficient (Wildman–Crippen LogP) is 1.42. The third-order valence-electron chi connectivity index (χ3n) is 2.15. The minimum Gasteiger partial charge on any atom is -0.768 e. The molecule has 15 heavy (non-hydrogen) atoms. The maximum atomic E-state index is 10.8. The van der Waals surface area contributed by atoms with Crippen molar-refractivity contribution in [1.29, 1.82) is 0 Å². The van der Waals surface area contributed by atoms with E-state index in [2.05, 4.69) is 5.10 Å².